The van der Waals surface area contributed by atoms with Gasteiger partial charge in [0.2, 0.25) is 5.43 Å². The van der Waals surface area contributed by atoms with Gasteiger partial charge in [-0.3, -0.25) is 4.79 Å². The molecule has 0 amide bonds. The second kappa shape index (κ2) is 8.70. The first-order chi connectivity index (χ1) is 14.6. The molecular weight excluding hydrogens is 396 g/mol. The van der Waals surface area contributed by atoms with Gasteiger partial charge in [0.1, 0.15) is 22.4 Å². The molecular formula is C25H26O6. The number of fused-ring (bicyclic) bond motifs is 1. The van der Waals surface area contributed by atoms with E-state index in [1.54, 1.807) is 37.3 Å². The molecule has 0 bridgehead atoms. The monoisotopic (exact) mass is 422 g/mol. The van der Waals surface area contributed by atoms with Gasteiger partial charge < -0.3 is 24.8 Å². The first kappa shape index (κ1) is 22.2. The van der Waals surface area contributed by atoms with Crippen LogP contribution in [-0.2, 0) is 12.8 Å². The van der Waals surface area contributed by atoms with E-state index in [1.165, 1.54) is 0 Å². The van der Waals surface area contributed by atoms with Crippen LogP contribution in [0.25, 0.3) is 22.1 Å². The van der Waals surface area contributed by atoms with E-state index in [9.17, 15) is 25.2 Å². The van der Waals surface area contributed by atoms with Gasteiger partial charge in [0.25, 0.3) is 5.95 Å². The van der Waals surface area contributed by atoms with Gasteiger partial charge in [-0.05, 0) is 32.8 Å². The summed E-state index contributed by atoms with van der Waals surface area (Å²) in [6.07, 6.45) is 0.871. The van der Waals surface area contributed by atoms with E-state index in [2.05, 4.69) is 6.58 Å². The van der Waals surface area contributed by atoms with Gasteiger partial charge in [-0.1, -0.05) is 54.1 Å². The van der Waals surface area contributed by atoms with Crippen molar-refractivity contribution in [3.8, 4) is 28.6 Å². The van der Waals surface area contributed by atoms with Crippen LogP contribution in [0.15, 0.2) is 63.3 Å². The molecule has 3 aromatic rings. The molecule has 0 spiro atoms. The Labute approximate surface area is 180 Å². The molecule has 0 aliphatic rings. The second-order valence-electron chi connectivity index (χ2n) is 7.89. The fourth-order valence-corrected chi connectivity index (χ4v) is 3.42. The highest BCUT2D eigenvalue weighted by atomic mass is 16.5. The summed E-state index contributed by atoms with van der Waals surface area (Å²) in [7, 11) is 0. The third-order valence-electron chi connectivity index (χ3n) is 5.21. The van der Waals surface area contributed by atoms with Crippen LogP contribution in [0, 0.1) is 0 Å². The van der Waals surface area contributed by atoms with Crippen LogP contribution in [0.5, 0.6) is 17.4 Å². The van der Waals surface area contributed by atoms with Crippen LogP contribution in [0.4, 0.5) is 0 Å². The second-order valence-corrected chi connectivity index (χ2v) is 7.89. The molecule has 0 saturated heterocycles. The largest absolute Gasteiger partial charge is 0.507 e. The predicted molar refractivity (Wildman–Crippen MR) is 121 cm³/mol. The van der Waals surface area contributed by atoms with E-state index in [1.807, 2.05) is 19.9 Å². The lowest BCUT2D eigenvalue weighted by molar-refractivity contribution is 0.209. The van der Waals surface area contributed by atoms with Crippen LogP contribution in [0.2, 0.25) is 0 Å². The zero-order chi connectivity index (χ0) is 22.9. The average Bonchev–Trinajstić information content (AvgIpc) is 2.71. The van der Waals surface area contributed by atoms with Crippen molar-refractivity contribution in [1.82, 2.24) is 0 Å². The van der Waals surface area contributed by atoms with Crippen LogP contribution in [-0.4, -0.2) is 26.5 Å². The summed E-state index contributed by atoms with van der Waals surface area (Å²) in [5.74, 6) is -1.38. The summed E-state index contributed by atoms with van der Waals surface area (Å²) in [5, 5.41) is 42.5. The average molecular weight is 422 g/mol. The minimum absolute atomic E-state index is 0.0251. The van der Waals surface area contributed by atoms with Crippen molar-refractivity contribution in [2.75, 3.05) is 0 Å². The van der Waals surface area contributed by atoms with Gasteiger partial charge >= 0.3 is 0 Å². The molecule has 0 radical (unpaired) electrons. The van der Waals surface area contributed by atoms with E-state index >= 15 is 0 Å². The lowest BCUT2D eigenvalue weighted by atomic mass is 9.93. The van der Waals surface area contributed by atoms with Crippen molar-refractivity contribution in [3.63, 3.8) is 0 Å². The Morgan fingerprint density at radius 1 is 1.06 bits per heavy atom. The van der Waals surface area contributed by atoms with Gasteiger partial charge in [0.15, 0.2) is 5.58 Å². The van der Waals surface area contributed by atoms with Crippen molar-refractivity contribution < 1.29 is 24.8 Å². The Balaban J connectivity index is 2.42. The van der Waals surface area contributed by atoms with Gasteiger partial charge in [-0.2, -0.15) is 0 Å². The minimum atomic E-state index is -1.02. The van der Waals surface area contributed by atoms with Crippen LogP contribution < -0.4 is 5.43 Å². The standard InChI is InChI=1S/C25H26O6/c1-13(2)10-11-16-21(27)17(12-18(26)14(3)4)22(28)20-23(29)19(25(30)31-24(16)20)15-8-6-5-7-9-15/h5-10,18,26-28,30H,3,11-12H2,1-2,4H3. The summed E-state index contributed by atoms with van der Waals surface area (Å²) in [6, 6.07) is 8.48. The van der Waals surface area contributed by atoms with Crippen molar-refractivity contribution in [1.29, 1.82) is 0 Å². The lowest BCUT2D eigenvalue weighted by Crippen LogP contribution is -2.14. The molecule has 4 N–H and O–H groups in total. The van der Waals surface area contributed by atoms with Crippen molar-refractivity contribution >= 4 is 11.0 Å². The molecule has 0 aliphatic heterocycles. The number of aliphatic hydroxyl groups is 1. The quantitative estimate of drug-likeness (QED) is 0.433. The molecule has 1 heterocycles. The van der Waals surface area contributed by atoms with E-state index in [0.29, 0.717) is 11.1 Å². The normalized spacial score (nSPS) is 12.0. The smallest absolute Gasteiger partial charge is 0.294 e. The summed E-state index contributed by atoms with van der Waals surface area (Å²) < 4.78 is 5.59. The Hall–Kier alpha value is -3.51. The molecule has 1 atom stereocenters. The number of phenolic OH excluding ortho intramolecular Hbond substituents is 2. The van der Waals surface area contributed by atoms with Crippen LogP contribution >= 0.6 is 0 Å². The van der Waals surface area contributed by atoms with Crippen LogP contribution in [0.3, 0.4) is 0 Å². The maximum Gasteiger partial charge on any atom is 0.294 e. The number of benzene rings is 2. The van der Waals surface area contributed by atoms with Gasteiger partial charge in [0.05, 0.1) is 6.10 Å². The van der Waals surface area contributed by atoms with E-state index < -0.39 is 23.2 Å². The molecule has 3 rings (SSSR count). The Morgan fingerprint density at radius 3 is 2.29 bits per heavy atom. The molecule has 2 aromatic carbocycles. The Morgan fingerprint density at radius 2 is 1.71 bits per heavy atom. The summed E-state index contributed by atoms with van der Waals surface area (Å²) in [6.45, 7) is 9.09. The summed E-state index contributed by atoms with van der Waals surface area (Å²) in [4.78, 5) is 13.4. The molecule has 1 aromatic heterocycles. The third-order valence-corrected chi connectivity index (χ3v) is 5.21. The first-order valence-corrected chi connectivity index (χ1v) is 9.91. The van der Waals surface area contributed by atoms with E-state index in [-0.39, 0.29) is 46.3 Å². The van der Waals surface area contributed by atoms with Gasteiger partial charge in [-0.25, -0.2) is 0 Å². The van der Waals surface area contributed by atoms with Gasteiger partial charge in [0, 0.05) is 17.5 Å². The first-order valence-electron chi connectivity index (χ1n) is 9.91. The third kappa shape index (κ3) is 4.20. The SMILES string of the molecule is C=C(C)C(O)Cc1c(O)c(CC=C(C)C)c2oc(O)c(-c3ccccc3)c(=O)c2c1O. The molecule has 0 fully saturated rings. The fraction of sp³-hybridized carbons (Fsp3) is 0.240. The maximum atomic E-state index is 13.4. The highest BCUT2D eigenvalue weighted by Crippen LogP contribution is 2.42. The number of aromatic hydroxyl groups is 3. The van der Waals surface area contributed by atoms with E-state index in [0.717, 1.165) is 5.57 Å². The summed E-state index contributed by atoms with van der Waals surface area (Å²) in [5.41, 5.74) is 1.30. The molecule has 0 aliphatic carbocycles. The molecule has 0 saturated carbocycles. The molecule has 31 heavy (non-hydrogen) atoms. The predicted octanol–water partition coefficient (Wildman–Crippen LogP) is 4.57. The number of phenols is 2. The number of rotatable bonds is 6. The van der Waals surface area contributed by atoms with Crippen molar-refractivity contribution in [2.24, 2.45) is 0 Å². The fourth-order valence-electron chi connectivity index (χ4n) is 3.42. The molecule has 6 heteroatoms. The summed E-state index contributed by atoms with van der Waals surface area (Å²) >= 11 is 0. The number of hydrogen-bond donors (Lipinski definition) is 4. The topological polar surface area (TPSA) is 111 Å². The Bertz CT molecular complexity index is 1230. The zero-order valence-corrected chi connectivity index (χ0v) is 17.8. The maximum absolute atomic E-state index is 13.4. The minimum Gasteiger partial charge on any atom is -0.507 e. The molecule has 162 valence electrons. The number of allylic oxidation sites excluding steroid dienone is 2. The zero-order valence-electron chi connectivity index (χ0n) is 17.8. The number of aliphatic hydroxyl groups excluding tert-OH is 1. The molecule has 6 nitrogen and oxygen atoms in total. The van der Waals surface area contributed by atoms with Gasteiger partial charge in [-0.15, -0.1) is 0 Å². The highest BCUT2D eigenvalue weighted by Gasteiger charge is 2.27. The molecule has 1 unspecified atom stereocenters. The van der Waals surface area contributed by atoms with E-state index in [4.69, 9.17) is 4.42 Å². The Kier molecular flexibility index (Phi) is 6.22. The van der Waals surface area contributed by atoms with Crippen molar-refractivity contribution in [3.05, 3.63) is 75.5 Å². The highest BCUT2D eigenvalue weighted by molar-refractivity contribution is 5.93. The van der Waals surface area contributed by atoms with Crippen LogP contribution in [0.1, 0.15) is 31.9 Å². The lowest BCUT2D eigenvalue weighted by Gasteiger charge is -2.18. The number of hydrogen-bond acceptors (Lipinski definition) is 6. The van der Waals surface area contributed by atoms with Crippen molar-refractivity contribution in [2.45, 2.75) is 39.7 Å².